The minimum Gasteiger partial charge on any atom is -0.469 e. The van der Waals surface area contributed by atoms with E-state index >= 15 is 0 Å². The third-order valence-corrected chi connectivity index (χ3v) is 5.29. The van der Waals surface area contributed by atoms with Crippen LogP contribution in [-0.4, -0.2) is 37.1 Å². The molecule has 0 aliphatic heterocycles. The highest BCUT2D eigenvalue weighted by Crippen LogP contribution is 2.08. The number of guanidine groups is 1. The maximum absolute atomic E-state index is 5.36. The van der Waals surface area contributed by atoms with Crippen molar-refractivity contribution in [2.45, 2.75) is 25.0 Å². The van der Waals surface area contributed by atoms with Crippen LogP contribution in [0, 0.1) is 0 Å². The molecule has 1 unspecified atom stereocenters. The van der Waals surface area contributed by atoms with Crippen molar-refractivity contribution in [1.29, 1.82) is 0 Å². The lowest BCUT2D eigenvalue weighted by Gasteiger charge is -2.13. The smallest absolute Gasteiger partial charge is 0.191 e. The van der Waals surface area contributed by atoms with Crippen LogP contribution in [0.4, 0.5) is 0 Å². The molecule has 23 heavy (non-hydrogen) atoms. The summed E-state index contributed by atoms with van der Waals surface area (Å²) in [4.78, 5) is 6.07. The van der Waals surface area contributed by atoms with Crippen LogP contribution in [0.25, 0.3) is 0 Å². The Bertz CT molecular complexity index is 510. The molecule has 0 spiro atoms. The lowest BCUT2D eigenvalue weighted by Crippen LogP contribution is -2.39. The fraction of sp³-hybridized carbons (Fsp3) is 0.471. The van der Waals surface area contributed by atoms with Gasteiger partial charge in [-0.1, -0.05) is 13.0 Å². The highest BCUT2D eigenvalue weighted by molar-refractivity contribution is 7.99. The highest BCUT2D eigenvalue weighted by atomic mass is 32.2. The van der Waals surface area contributed by atoms with Crippen LogP contribution in [0.1, 0.15) is 17.6 Å². The molecule has 0 fully saturated rings. The van der Waals surface area contributed by atoms with Crippen LogP contribution in [0.3, 0.4) is 0 Å². The van der Waals surface area contributed by atoms with Crippen molar-refractivity contribution in [3.8, 4) is 0 Å². The van der Waals surface area contributed by atoms with Crippen LogP contribution >= 0.6 is 23.1 Å². The predicted molar refractivity (Wildman–Crippen MR) is 102 cm³/mol. The van der Waals surface area contributed by atoms with Gasteiger partial charge in [0.1, 0.15) is 5.76 Å². The summed E-state index contributed by atoms with van der Waals surface area (Å²) in [6.45, 7) is 4.71. The molecular formula is C17H25N3OS2. The second-order valence-electron chi connectivity index (χ2n) is 5.25. The molecule has 126 valence electrons. The second-order valence-corrected chi connectivity index (χ2v) is 7.56. The third kappa shape index (κ3) is 7.14. The van der Waals surface area contributed by atoms with E-state index in [1.165, 1.54) is 4.88 Å². The Kier molecular flexibility index (Phi) is 8.11. The van der Waals surface area contributed by atoms with Gasteiger partial charge in [0.05, 0.1) is 12.8 Å². The van der Waals surface area contributed by atoms with Crippen LogP contribution in [0.2, 0.25) is 0 Å². The van der Waals surface area contributed by atoms with Gasteiger partial charge in [-0.25, -0.2) is 0 Å². The Morgan fingerprint density at radius 1 is 1.26 bits per heavy atom. The molecule has 1 atom stereocenters. The van der Waals surface area contributed by atoms with Gasteiger partial charge in [-0.15, -0.1) is 11.3 Å². The molecule has 0 amide bonds. The number of hydrogen-bond donors (Lipinski definition) is 2. The summed E-state index contributed by atoms with van der Waals surface area (Å²) < 4.78 is 5.36. The summed E-state index contributed by atoms with van der Waals surface area (Å²) in [6.07, 6.45) is 5.71. The summed E-state index contributed by atoms with van der Waals surface area (Å²) in [6, 6.07) is 8.18. The first-order valence-corrected chi connectivity index (χ1v) is 10.0. The molecule has 2 aromatic heterocycles. The zero-order valence-electron chi connectivity index (χ0n) is 13.7. The number of nitrogens with one attached hydrogen (secondary N) is 2. The number of thioether (sulfide) groups is 1. The van der Waals surface area contributed by atoms with Gasteiger partial charge < -0.3 is 15.1 Å². The lowest BCUT2D eigenvalue weighted by atomic mass is 10.3. The Morgan fingerprint density at radius 3 is 2.74 bits per heavy atom. The molecule has 0 saturated carbocycles. The van der Waals surface area contributed by atoms with Gasteiger partial charge in [0.25, 0.3) is 0 Å². The first-order valence-electron chi connectivity index (χ1n) is 7.87. The molecule has 0 aromatic carbocycles. The first-order chi connectivity index (χ1) is 11.3. The van der Waals surface area contributed by atoms with Crippen LogP contribution < -0.4 is 10.6 Å². The SMILES string of the molecule is CSC(C)CN=C(NCCc1ccco1)NCCc1cccs1. The molecule has 2 rings (SSSR count). The Balaban J connectivity index is 1.77. The highest BCUT2D eigenvalue weighted by Gasteiger charge is 2.03. The molecule has 6 heteroatoms. The van der Waals surface area contributed by atoms with Gasteiger partial charge >= 0.3 is 0 Å². The molecule has 4 nitrogen and oxygen atoms in total. The van der Waals surface area contributed by atoms with Crippen molar-refractivity contribution < 1.29 is 4.42 Å². The summed E-state index contributed by atoms with van der Waals surface area (Å²) in [5.74, 6) is 1.88. The second kappa shape index (κ2) is 10.4. The molecule has 0 radical (unpaired) electrons. The minimum atomic E-state index is 0.524. The van der Waals surface area contributed by atoms with Crippen molar-refractivity contribution in [2.75, 3.05) is 25.9 Å². The van der Waals surface area contributed by atoms with Crippen molar-refractivity contribution in [3.05, 3.63) is 46.5 Å². The monoisotopic (exact) mass is 351 g/mol. The normalized spacial score (nSPS) is 13.0. The molecule has 0 bridgehead atoms. The fourth-order valence-corrected chi connectivity index (χ4v) is 2.92. The Labute approximate surface area is 146 Å². The topological polar surface area (TPSA) is 49.6 Å². The molecule has 2 N–H and O–H groups in total. The third-order valence-electron chi connectivity index (χ3n) is 3.40. The largest absolute Gasteiger partial charge is 0.469 e. The van der Waals surface area contributed by atoms with Gasteiger partial charge in [0, 0.05) is 29.6 Å². The summed E-state index contributed by atoms with van der Waals surface area (Å²) in [5.41, 5.74) is 0. The van der Waals surface area contributed by atoms with Crippen LogP contribution in [0.5, 0.6) is 0 Å². The van der Waals surface area contributed by atoms with E-state index in [0.717, 1.165) is 44.2 Å². The number of hydrogen-bond acceptors (Lipinski definition) is 4. The van der Waals surface area contributed by atoms with Gasteiger partial charge in [0.2, 0.25) is 0 Å². The fourth-order valence-electron chi connectivity index (χ4n) is 1.99. The quantitative estimate of drug-likeness (QED) is 0.537. The molecule has 0 aliphatic rings. The van der Waals surface area contributed by atoms with Crippen LogP contribution in [-0.2, 0) is 12.8 Å². The van der Waals surface area contributed by atoms with Crippen molar-refractivity contribution in [3.63, 3.8) is 0 Å². The van der Waals surface area contributed by atoms with E-state index in [1.54, 1.807) is 17.6 Å². The summed E-state index contributed by atoms with van der Waals surface area (Å²) >= 11 is 3.63. The number of furan rings is 1. The Morgan fingerprint density at radius 2 is 2.09 bits per heavy atom. The maximum Gasteiger partial charge on any atom is 0.191 e. The van der Waals surface area contributed by atoms with E-state index < -0.39 is 0 Å². The number of thiophene rings is 1. The predicted octanol–water partition coefficient (Wildman–Crippen LogP) is 3.41. The zero-order valence-corrected chi connectivity index (χ0v) is 15.4. The maximum atomic E-state index is 5.36. The van der Waals surface area contributed by atoms with Gasteiger partial charge in [0.15, 0.2) is 5.96 Å². The summed E-state index contributed by atoms with van der Waals surface area (Å²) in [5, 5.41) is 9.46. The summed E-state index contributed by atoms with van der Waals surface area (Å²) in [7, 11) is 0. The molecule has 0 aliphatic carbocycles. The minimum absolute atomic E-state index is 0.524. The van der Waals surface area contributed by atoms with Crippen LogP contribution in [0.15, 0.2) is 45.3 Å². The van der Waals surface area contributed by atoms with E-state index in [2.05, 4.69) is 46.3 Å². The van der Waals surface area contributed by atoms with E-state index in [-0.39, 0.29) is 0 Å². The van der Waals surface area contributed by atoms with E-state index in [0.29, 0.717) is 5.25 Å². The Hall–Kier alpha value is -1.40. The van der Waals surface area contributed by atoms with Gasteiger partial charge in [-0.05, 0) is 36.3 Å². The molecular weight excluding hydrogens is 326 g/mol. The molecule has 2 heterocycles. The molecule has 2 aromatic rings. The zero-order chi connectivity index (χ0) is 16.3. The van der Waals surface area contributed by atoms with E-state index in [4.69, 9.17) is 4.42 Å². The van der Waals surface area contributed by atoms with Crippen molar-refractivity contribution >= 4 is 29.1 Å². The van der Waals surface area contributed by atoms with Crippen molar-refractivity contribution in [2.24, 2.45) is 4.99 Å². The number of nitrogens with zero attached hydrogens (tertiary/aromatic N) is 1. The van der Waals surface area contributed by atoms with Gasteiger partial charge in [-0.3, -0.25) is 4.99 Å². The number of aliphatic imine (C=N–C) groups is 1. The average Bonchev–Trinajstić information content (AvgIpc) is 3.25. The first kappa shape index (κ1) is 17.9. The standard InChI is InChI=1S/C17H25N3OS2/c1-14(22-2)13-20-17(18-9-7-15-5-3-11-21-15)19-10-8-16-6-4-12-23-16/h3-6,11-12,14H,7-10,13H2,1-2H3,(H2,18,19,20). The van der Waals surface area contributed by atoms with E-state index in [9.17, 15) is 0 Å². The van der Waals surface area contributed by atoms with E-state index in [1.807, 2.05) is 23.9 Å². The van der Waals surface area contributed by atoms with Crippen molar-refractivity contribution in [1.82, 2.24) is 10.6 Å². The van der Waals surface area contributed by atoms with Gasteiger partial charge in [-0.2, -0.15) is 11.8 Å². The molecule has 0 saturated heterocycles. The number of rotatable bonds is 9. The average molecular weight is 352 g/mol. The lowest BCUT2D eigenvalue weighted by molar-refractivity contribution is 0.506.